The van der Waals surface area contributed by atoms with Crippen LogP contribution in [-0.2, 0) is 4.89 Å². The van der Waals surface area contributed by atoms with Gasteiger partial charge in [-0.3, -0.25) is 0 Å². The number of alkyl halides is 9. The van der Waals surface area contributed by atoms with Crippen molar-refractivity contribution in [2.24, 2.45) is 0 Å². The molecule has 0 fully saturated rings. The molecule has 85 valence electrons. The fourth-order valence-corrected chi connectivity index (χ4v) is 1.29. The molecule has 0 bridgehead atoms. The minimum absolute atomic E-state index is 6.87. The van der Waals surface area contributed by atoms with Crippen LogP contribution >= 0.6 is 7.49 Å². The van der Waals surface area contributed by atoms with Crippen LogP contribution in [0.3, 0.4) is 0 Å². The van der Waals surface area contributed by atoms with Crippen molar-refractivity contribution in [3.8, 4) is 0 Å². The van der Waals surface area contributed by atoms with E-state index in [9.17, 15) is 44.4 Å². The van der Waals surface area contributed by atoms with Gasteiger partial charge in [0.15, 0.2) is 0 Å². The summed E-state index contributed by atoms with van der Waals surface area (Å²) in [6, 6.07) is 0. The predicted octanol–water partition coefficient (Wildman–Crippen LogP) is 3.91. The van der Waals surface area contributed by atoms with Crippen molar-refractivity contribution >= 4 is 7.49 Å². The van der Waals surface area contributed by atoms with Crippen LogP contribution in [0.2, 0.25) is 0 Å². The van der Waals surface area contributed by atoms with E-state index in [1.165, 1.54) is 0 Å². The van der Waals surface area contributed by atoms with Crippen molar-refractivity contribution in [2.45, 2.75) is 17.8 Å². The highest BCUT2D eigenvalue weighted by molar-refractivity contribution is 7.72. The lowest BCUT2D eigenvalue weighted by Crippen LogP contribution is -2.36. The van der Waals surface area contributed by atoms with Crippen LogP contribution in [0.5, 0.6) is 0 Å². The molecule has 0 atom stereocenters. The van der Waals surface area contributed by atoms with E-state index in [0.29, 0.717) is 0 Å². The van der Waals surface area contributed by atoms with Crippen LogP contribution in [0.4, 0.5) is 39.5 Å². The van der Waals surface area contributed by atoms with Crippen molar-refractivity contribution in [3.05, 3.63) is 0 Å². The zero-order chi connectivity index (χ0) is 12.0. The van der Waals surface area contributed by atoms with E-state index in [-0.39, 0.29) is 0 Å². The molecule has 14 heavy (non-hydrogen) atoms. The second kappa shape index (κ2) is 3.13. The van der Waals surface area contributed by atoms with Gasteiger partial charge in [-0.1, -0.05) is 0 Å². The van der Waals surface area contributed by atoms with E-state index < -0.39 is 25.2 Å². The van der Waals surface area contributed by atoms with Gasteiger partial charge in [-0.25, -0.2) is 0 Å². The van der Waals surface area contributed by atoms with Crippen molar-refractivity contribution in [3.63, 3.8) is 0 Å². The fourth-order valence-electron chi connectivity index (χ4n) is 0.431. The fraction of sp³-hybridized carbons (Fsp3) is 1.00. The molecule has 1 nitrogen and oxygen atoms in total. The van der Waals surface area contributed by atoms with E-state index in [0.717, 1.165) is 0 Å². The van der Waals surface area contributed by atoms with Crippen molar-refractivity contribution in [1.82, 2.24) is 0 Å². The van der Waals surface area contributed by atoms with Gasteiger partial charge in [0.2, 0.25) is 0 Å². The average Bonchev–Trinajstić information content (AvgIpc) is 1.77. The first-order valence-electron chi connectivity index (χ1n) is 2.55. The van der Waals surface area contributed by atoms with Crippen molar-refractivity contribution in [1.29, 1.82) is 0 Å². The van der Waals surface area contributed by atoms with Crippen molar-refractivity contribution in [2.75, 3.05) is 0 Å². The number of halogens is 9. The maximum Gasteiger partial charge on any atom is 0.561 e. The van der Waals surface area contributed by atoms with Gasteiger partial charge >= 0.3 is 25.2 Å². The molecule has 0 aliphatic rings. The Kier molecular flexibility index (Phi) is 3.07. The smallest absolute Gasteiger partial charge is 0.132 e. The maximum atomic E-state index is 11.4. The van der Waals surface area contributed by atoms with E-state index >= 15 is 0 Å². The lowest BCUT2D eigenvalue weighted by molar-refractivity contribution is -0.152. The van der Waals surface area contributed by atoms with E-state index in [2.05, 4.69) is 0 Å². The summed E-state index contributed by atoms with van der Waals surface area (Å²) in [4.78, 5) is 9.90. The topological polar surface area (TPSA) is 19.9 Å². The Balaban J connectivity index is 5.54. The SMILES string of the molecule is [O][P+](C(F)(F)F)(C(F)(F)F)C(F)(F)F. The van der Waals surface area contributed by atoms with Crippen molar-refractivity contribution < 1.29 is 44.4 Å². The number of hydrogen-bond acceptors (Lipinski definition) is 0. The molecule has 0 aromatic carbocycles. The molecule has 0 saturated heterocycles. The summed E-state index contributed by atoms with van der Waals surface area (Å²) in [5.41, 5.74) is 0. The van der Waals surface area contributed by atoms with Crippen LogP contribution in [0.15, 0.2) is 0 Å². The molecule has 0 heterocycles. The Hall–Kier alpha value is -0.240. The first-order valence-corrected chi connectivity index (χ1v) is 4.26. The molecule has 0 N–H and O–H groups in total. The van der Waals surface area contributed by atoms with Crippen LogP contribution < -0.4 is 0 Å². The second-order valence-electron chi connectivity index (χ2n) is 2.01. The lowest BCUT2D eigenvalue weighted by atomic mass is 11.5. The molecule has 11 heteroatoms. The minimum atomic E-state index is -8.27. The highest BCUT2D eigenvalue weighted by atomic mass is 31.2. The molecular formula is C3F9OP+. The molecule has 0 aromatic rings. The zero-order valence-corrected chi connectivity index (χ0v) is 6.65. The van der Waals surface area contributed by atoms with Gasteiger partial charge in [-0.2, -0.15) is 0 Å². The molecule has 0 unspecified atom stereocenters. The predicted molar refractivity (Wildman–Crippen MR) is 25.8 cm³/mol. The Morgan fingerprint density at radius 1 is 0.571 bits per heavy atom. The third-order valence-corrected chi connectivity index (χ3v) is 3.21. The van der Waals surface area contributed by atoms with E-state index in [4.69, 9.17) is 0 Å². The summed E-state index contributed by atoms with van der Waals surface area (Å²) in [6.07, 6.45) is 0. The minimum Gasteiger partial charge on any atom is -0.132 e. The Morgan fingerprint density at radius 2 is 0.714 bits per heavy atom. The highest BCUT2D eigenvalue weighted by Crippen LogP contribution is 2.86. The third kappa shape index (κ3) is 1.90. The van der Waals surface area contributed by atoms with Crippen LogP contribution in [0.1, 0.15) is 0 Å². The first-order chi connectivity index (χ1) is 5.75. The van der Waals surface area contributed by atoms with Gasteiger partial charge in [-0.05, 0) is 4.89 Å². The van der Waals surface area contributed by atoms with Crippen LogP contribution in [0.25, 0.3) is 0 Å². The highest BCUT2D eigenvalue weighted by Gasteiger charge is 2.96. The largest absolute Gasteiger partial charge is 0.561 e. The zero-order valence-electron chi connectivity index (χ0n) is 5.76. The van der Waals surface area contributed by atoms with Gasteiger partial charge in [-0.15, -0.1) is 39.5 Å². The second-order valence-corrected chi connectivity index (χ2v) is 4.75. The molecule has 0 aromatic heterocycles. The third-order valence-electron chi connectivity index (χ3n) is 1.07. The van der Waals surface area contributed by atoms with Crippen LogP contribution in [-0.4, -0.2) is 17.8 Å². The quantitative estimate of drug-likeness (QED) is 0.461. The Bertz CT molecular complexity index is 174. The van der Waals surface area contributed by atoms with E-state index in [1.54, 1.807) is 0 Å². The molecule has 1 radical (unpaired) electrons. The summed E-state index contributed by atoms with van der Waals surface area (Å²) in [5, 5.41) is 0. The Morgan fingerprint density at radius 3 is 0.714 bits per heavy atom. The number of hydrogen-bond donors (Lipinski definition) is 0. The summed E-state index contributed by atoms with van der Waals surface area (Å²) in [7, 11) is -8.27. The van der Waals surface area contributed by atoms with Gasteiger partial charge in [0.25, 0.3) is 0 Å². The maximum absolute atomic E-state index is 11.4. The normalized spacial score (nSPS) is 15.9. The standard InChI is InChI=1S/C3F9OP/c4-1(5,6)14(13,2(7,8)9)3(10,11)12/q+1. The summed E-state index contributed by atoms with van der Waals surface area (Å²) >= 11 is 0. The molecule has 0 rings (SSSR count). The summed E-state index contributed by atoms with van der Waals surface area (Å²) in [5.74, 6) is -20.6. The first kappa shape index (κ1) is 13.8. The molecule has 0 saturated carbocycles. The molecule has 0 amide bonds. The lowest BCUT2D eigenvalue weighted by Gasteiger charge is -2.20. The summed E-state index contributed by atoms with van der Waals surface area (Å²) < 4.78 is 103. The van der Waals surface area contributed by atoms with Gasteiger partial charge < -0.3 is 0 Å². The van der Waals surface area contributed by atoms with Gasteiger partial charge in [0.05, 0.1) is 0 Å². The number of rotatable bonds is 0. The molecule has 0 aliphatic carbocycles. The Labute approximate surface area is 70.9 Å². The summed E-state index contributed by atoms with van der Waals surface area (Å²) in [6.45, 7) is 0. The van der Waals surface area contributed by atoms with Gasteiger partial charge in [0, 0.05) is 0 Å². The van der Waals surface area contributed by atoms with Gasteiger partial charge in [0.1, 0.15) is 0 Å². The average molecular weight is 254 g/mol. The van der Waals surface area contributed by atoms with Crippen LogP contribution in [0, 0.1) is 0 Å². The van der Waals surface area contributed by atoms with E-state index in [1.807, 2.05) is 0 Å². The molecule has 0 aliphatic heterocycles. The monoisotopic (exact) mass is 254 g/mol. The molecular weight excluding hydrogens is 254 g/mol. The molecule has 0 spiro atoms.